The first-order chi connectivity index (χ1) is 8.72. The fourth-order valence-corrected chi connectivity index (χ4v) is 1.77. The van der Waals surface area contributed by atoms with Crippen molar-refractivity contribution >= 4 is 0 Å². The van der Waals surface area contributed by atoms with Crippen LogP contribution in [0.2, 0.25) is 0 Å². The maximum atomic E-state index is 5.61. The summed E-state index contributed by atoms with van der Waals surface area (Å²) in [5, 5.41) is 8.03. The van der Waals surface area contributed by atoms with E-state index in [1.54, 1.807) is 0 Å². The monoisotopic (exact) mass is 240 g/mol. The van der Waals surface area contributed by atoms with E-state index in [-0.39, 0.29) is 0 Å². The van der Waals surface area contributed by atoms with Gasteiger partial charge in [-0.3, -0.25) is 0 Å². The number of nitrogens with zero attached hydrogens (tertiary/aromatic N) is 2. The molecule has 0 radical (unpaired) electrons. The number of benzene rings is 1. The normalized spacial score (nSPS) is 10.8. The maximum Gasteiger partial charge on any atom is 0.283 e. The van der Waals surface area contributed by atoms with Gasteiger partial charge in [0, 0.05) is 5.56 Å². The van der Waals surface area contributed by atoms with E-state index in [2.05, 4.69) is 10.2 Å². The summed E-state index contributed by atoms with van der Waals surface area (Å²) in [6.45, 7) is 3.90. The van der Waals surface area contributed by atoms with Crippen LogP contribution in [-0.2, 0) is 0 Å². The van der Waals surface area contributed by atoms with E-state index in [1.807, 2.05) is 50.2 Å². The summed E-state index contributed by atoms with van der Waals surface area (Å²) in [6.07, 6.45) is 0. The lowest BCUT2D eigenvalue weighted by Gasteiger charge is -1.95. The van der Waals surface area contributed by atoms with Crippen molar-refractivity contribution in [3.63, 3.8) is 0 Å². The standard InChI is InChI=1S/C14H12N2O2/c1-9-4-3-5-11(8-9)13-15-16-14(18-13)12-7-6-10(2)17-12/h3-8H,1-2H3. The van der Waals surface area contributed by atoms with Crippen LogP contribution in [0.3, 0.4) is 0 Å². The Morgan fingerprint density at radius 1 is 0.889 bits per heavy atom. The Kier molecular flexibility index (Phi) is 2.48. The molecule has 0 atom stereocenters. The zero-order valence-electron chi connectivity index (χ0n) is 10.2. The highest BCUT2D eigenvalue weighted by molar-refractivity contribution is 5.56. The Morgan fingerprint density at radius 2 is 1.72 bits per heavy atom. The molecular formula is C14H12N2O2. The second kappa shape index (κ2) is 4.14. The van der Waals surface area contributed by atoms with Crippen molar-refractivity contribution < 1.29 is 8.83 Å². The van der Waals surface area contributed by atoms with E-state index in [1.165, 1.54) is 0 Å². The molecule has 2 heterocycles. The van der Waals surface area contributed by atoms with Crippen molar-refractivity contribution in [3.05, 3.63) is 47.7 Å². The summed E-state index contributed by atoms with van der Waals surface area (Å²) < 4.78 is 11.1. The van der Waals surface area contributed by atoms with Gasteiger partial charge in [-0.05, 0) is 38.1 Å². The smallest absolute Gasteiger partial charge is 0.283 e. The number of furan rings is 1. The molecule has 3 aromatic rings. The predicted octanol–water partition coefficient (Wildman–Crippen LogP) is 3.61. The van der Waals surface area contributed by atoms with Gasteiger partial charge < -0.3 is 8.83 Å². The highest BCUT2D eigenvalue weighted by Gasteiger charge is 2.13. The average Bonchev–Trinajstić information content (AvgIpc) is 2.97. The molecule has 0 fully saturated rings. The van der Waals surface area contributed by atoms with E-state index < -0.39 is 0 Å². The largest absolute Gasteiger partial charge is 0.456 e. The van der Waals surface area contributed by atoms with Gasteiger partial charge in [-0.25, -0.2) is 0 Å². The molecular weight excluding hydrogens is 228 g/mol. The van der Waals surface area contributed by atoms with Crippen molar-refractivity contribution in [2.75, 3.05) is 0 Å². The molecule has 0 aliphatic carbocycles. The molecule has 0 amide bonds. The Balaban J connectivity index is 1.99. The molecule has 0 bridgehead atoms. The summed E-state index contributed by atoms with van der Waals surface area (Å²) in [7, 11) is 0. The van der Waals surface area contributed by atoms with Crippen molar-refractivity contribution in [1.29, 1.82) is 0 Å². The maximum absolute atomic E-state index is 5.61. The number of rotatable bonds is 2. The van der Waals surface area contributed by atoms with Gasteiger partial charge in [-0.15, -0.1) is 10.2 Å². The molecule has 90 valence electrons. The van der Waals surface area contributed by atoms with E-state index in [0.717, 1.165) is 16.9 Å². The first-order valence-electron chi connectivity index (χ1n) is 5.70. The third kappa shape index (κ3) is 1.93. The van der Waals surface area contributed by atoms with Crippen LogP contribution >= 0.6 is 0 Å². The van der Waals surface area contributed by atoms with Gasteiger partial charge in [0.2, 0.25) is 5.89 Å². The molecule has 3 rings (SSSR count). The molecule has 0 aliphatic rings. The van der Waals surface area contributed by atoms with E-state index >= 15 is 0 Å². The Hall–Kier alpha value is -2.36. The second-order valence-electron chi connectivity index (χ2n) is 4.19. The van der Waals surface area contributed by atoms with Crippen LogP contribution in [0, 0.1) is 13.8 Å². The third-order valence-electron chi connectivity index (χ3n) is 2.64. The Morgan fingerprint density at radius 3 is 2.44 bits per heavy atom. The number of hydrogen-bond donors (Lipinski definition) is 0. The first kappa shape index (κ1) is 10.8. The summed E-state index contributed by atoms with van der Waals surface area (Å²) in [6, 6.07) is 11.6. The van der Waals surface area contributed by atoms with E-state index in [9.17, 15) is 0 Å². The van der Waals surface area contributed by atoms with Crippen molar-refractivity contribution in [3.8, 4) is 23.1 Å². The van der Waals surface area contributed by atoms with Gasteiger partial charge in [-0.2, -0.15) is 0 Å². The molecule has 4 nitrogen and oxygen atoms in total. The highest BCUT2D eigenvalue weighted by atomic mass is 16.4. The van der Waals surface area contributed by atoms with Gasteiger partial charge >= 0.3 is 0 Å². The molecule has 0 aliphatic heterocycles. The van der Waals surface area contributed by atoms with Gasteiger partial charge in [0.1, 0.15) is 5.76 Å². The van der Waals surface area contributed by atoms with Gasteiger partial charge in [-0.1, -0.05) is 17.7 Å². The number of aromatic nitrogens is 2. The fourth-order valence-electron chi connectivity index (χ4n) is 1.77. The lowest BCUT2D eigenvalue weighted by molar-refractivity contribution is 0.505. The molecule has 0 unspecified atom stereocenters. The van der Waals surface area contributed by atoms with Crippen molar-refractivity contribution in [2.45, 2.75) is 13.8 Å². The van der Waals surface area contributed by atoms with Crippen LogP contribution in [0.1, 0.15) is 11.3 Å². The Labute approximate surface area is 104 Å². The van der Waals surface area contributed by atoms with Crippen molar-refractivity contribution in [2.24, 2.45) is 0 Å². The lowest BCUT2D eigenvalue weighted by atomic mass is 10.1. The summed E-state index contributed by atoms with van der Waals surface area (Å²) in [5.74, 6) is 2.32. The molecule has 0 saturated carbocycles. The molecule has 1 aromatic carbocycles. The van der Waals surface area contributed by atoms with E-state index in [4.69, 9.17) is 8.83 Å². The highest BCUT2D eigenvalue weighted by Crippen LogP contribution is 2.25. The summed E-state index contributed by atoms with van der Waals surface area (Å²) >= 11 is 0. The molecule has 18 heavy (non-hydrogen) atoms. The minimum atomic E-state index is 0.402. The number of hydrogen-bond acceptors (Lipinski definition) is 4. The van der Waals surface area contributed by atoms with Gasteiger partial charge in [0.25, 0.3) is 5.89 Å². The summed E-state index contributed by atoms with van der Waals surface area (Å²) in [4.78, 5) is 0. The average molecular weight is 240 g/mol. The first-order valence-corrected chi connectivity index (χ1v) is 5.70. The molecule has 0 N–H and O–H groups in total. The lowest BCUT2D eigenvalue weighted by Crippen LogP contribution is -1.78. The predicted molar refractivity (Wildman–Crippen MR) is 66.9 cm³/mol. The fraction of sp³-hybridized carbons (Fsp3) is 0.143. The van der Waals surface area contributed by atoms with Crippen LogP contribution < -0.4 is 0 Å². The molecule has 2 aromatic heterocycles. The van der Waals surface area contributed by atoms with Crippen LogP contribution in [0.5, 0.6) is 0 Å². The van der Waals surface area contributed by atoms with Crippen LogP contribution in [0.25, 0.3) is 23.1 Å². The Bertz CT molecular complexity index is 682. The molecule has 0 saturated heterocycles. The van der Waals surface area contributed by atoms with Crippen LogP contribution in [0.15, 0.2) is 45.2 Å². The second-order valence-corrected chi connectivity index (χ2v) is 4.19. The SMILES string of the molecule is Cc1cccc(-c2nnc(-c3ccc(C)o3)o2)c1. The van der Waals surface area contributed by atoms with Crippen molar-refractivity contribution in [1.82, 2.24) is 10.2 Å². The quantitative estimate of drug-likeness (QED) is 0.686. The third-order valence-corrected chi connectivity index (χ3v) is 2.64. The molecule has 0 spiro atoms. The molecule has 4 heteroatoms. The van der Waals surface area contributed by atoms with E-state index in [0.29, 0.717) is 17.5 Å². The van der Waals surface area contributed by atoms with Gasteiger partial charge in [0.15, 0.2) is 5.76 Å². The van der Waals surface area contributed by atoms with Gasteiger partial charge in [0.05, 0.1) is 0 Å². The topological polar surface area (TPSA) is 52.1 Å². The van der Waals surface area contributed by atoms with Crippen LogP contribution in [0.4, 0.5) is 0 Å². The minimum Gasteiger partial charge on any atom is -0.456 e. The summed E-state index contributed by atoms with van der Waals surface area (Å²) in [5.41, 5.74) is 2.07. The zero-order valence-corrected chi connectivity index (χ0v) is 10.2. The number of aryl methyl sites for hydroxylation is 2. The zero-order chi connectivity index (χ0) is 12.5. The minimum absolute atomic E-state index is 0.402. The van der Waals surface area contributed by atoms with Crippen LogP contribution in [-0.4, -0.2) is 10.2 Å².